The number of para-hydroxylation sites is 1. The van der Waals surface area contributed by atoms with Crippen LogP contribution in [0.1, 0.15) is 0 Å². The minimum absolute atomic E-state index is 0.189. The van der Waals surface area contributed by atoms with Crippen LogP contribution in [-0.2, 0) is 0 Å². The summed E-state index contributed by atoms with van der Waals surface area (Å²) in [4.78, 5) is 0. The molecule has 60 heavy (non-hydrogen) atoms. The first-order valence-corrected chi connectivity index (χ1v) is 22.3. The number of rotatable bonds is 4. The van der Waals surface area contributed by atoms with Crippen LogP contribution in [-0.4, -0.2) is 14.5 Å². The molecule has 2 heterocycles. The summed E-state index contributed by atoms with van der Waals surface area (Å²) in [5, 5.41) is 15.2. The van der Waals surface area contributed by atoms with E-state index in [1.54, 1.807) is 0 Å². The quantitative estimate of drug-likeness (QED) is 0.127. The molecule has 0 aliphatic heterocycles. The van der Waals surface area contributed by atoms with Gasteiger partial charge in [-0.3, -0.25) is 0 Å². The Labute approximate surface area is 352 Å². The van der Waals surface area contributed by atoms with E-state index >= 15 is 0 Å². The Bertz CT molecular complexity index is 3770. The summed E-state index contributed by atoms with van der Waals surface area (Å²) in [5.74, 6) is 0. The van der Waals surface area contributed by atoms with Crippen LogP contribution >= 0.6 is 0 Å². The Morgan fingerprint density at radius 1 is 0.233 bits per heavy atom. The van der Waals surface area contributed by atoms with Gasteiger partial charge in [0.1, 0.15) is 0 Å². The SMILES string of the molecule is c1ccc(-c2c3ccccc3c(-c3ccc4[se]c5cc(-c6c7ccccc7c(-c7ccc8oc9ccccc9c8c7)c7ccccc67)ccc5c4c3)c3ccccc23)cc1. The summed E-state index contributed by atoms with van der Waals surface area (Å²) >= 11 is 0.189. The predicted octanol–water partition coefficient (Wildman–Crippen LogP) is 16.2. The van der Waals surface area contributed by atoms with Gasteiger partial charge < -0.3 is 0 Å². The molecule has 0 atom stereocenters. The average molecular weight is 826 g/mol. The van der Waals surface area contributed by atoms with E-state index in [2.05, 4.69) is 200 Å². The summed E-state index contributed by atoms with van der Waals surface area (Å²) in [6, 6.07) is 76.2. The van der Waals surface area contributed by atoms with Gasteiger partial charge in [-0.05, 0) is 6.07 Å². The fourth-order valence-corrected chi connectivity index (χ4v) is 12.4. The number of furan rings is 1. The van der Waals surface area contributed by atoms with Crippen molar-refractivity contribution in [3.05, 3.63) is 206 Å². The molecule has 0 radical (unpaired) electrons. The van der Waals surface area contributed by atoms with Crippen molar-refractivity contribution in [2.75, 3.05) is 0 Å². The molecule has 0 saturated heterocycles. The zero-order valence-corrected chi connectivity index (χ0v) is 34.2. The van der Waals surface area contributed by atoms with E-state index in [1.807, 2.05) is 6.07 Å². The van der Waals surface area contributed by atoms with Crippen LogP contribution in [0.25, 0.3) is 129 Å². The van der Waals surface area contributed by atoms with Crippen LogP contribution in [0.3, 0.4) is 0 Å². The third kappa shape index (κ3) is 4.99. The van der Waals surface area contributed by atoms with E-state index in [1.165, 1.54) is 107 Å². The van der Waals surface area contributed by atoms with Crippen molar-refractivity contribution in [3.63, 3.8) is 0 Å². The van der Waals surface area contributed by atoms with E-state index in [0.717, 1.165) is 21.9 Å². The van der Waals surface area contributed by atoms with Crippen LogP contribution in [0.4, 0.5) is 0 Å². The molecule has 0 fully saturated rings. The number of hydrogen-bond donors (Lipinski definition) is 0. The second-order valence-electron chi connectivity index (χ2n) is 15.9. The third-order valence-electron chi connectivity index (χ3n) is 12.6. The average Bonchev–Trinajstić information content (AvgIpc) is 3.87. The zero-order chi connectivity index (χ0) is 39.3. The van der Waals surface area contributed by atoms with E-state index in [9.17, 15) is 0 Å². The molecule has 0 unspecified atom stereocenters. The van der Waals surface area contributed by atoms with Crippen molar-refractivity contribution >= 4 is 98.8 Å². The van der Waals surface area contributed by atoms with Gasteiger partial charge in [0.2, 0.25) is 0 Å². The molecule has 0 saturated carbocycles. The first-order chi connectivity index (χ1) is 29.8. The van der Waals surface area contributed by atoms with Crippen LogP contribution < -0.4 is 0 Å². The second kappa shape index (κ2) is 13.1. The van der Waals surface area contributed by atoms with Gasteiger partial charge in [-0.25, -0.2) is 0 Å². The second-order valence-corrected chi connectivity index (χ2v) is 18.2. The molecule has 0 aliphatic carbocycles. The van der Waals surface area contributed by atoms with Gasteiger partial charge in [0, 0.05) is 0 Å². The molecule has 1 nitrogen and oxygen atoms in total. The van der Waals surface area contributed by atoms with Crippen molar-refractivity contribution in [1.82, 2.24) is 0 Å². The Balaban J connectivity index is 0.999. The van der Waals surface area contributed by atoms with Crippen LogP contribution in [0.2, 0.25) is 0 Å². The molecule has 13 aromatic rings. The Kier molecular flexibility index (Phi) is 7.39. The molecule has 0 spiro atoms. The summed E-state index contributed by atoms with van der Waals surface area (Å²) in [5.41, 5.74) is 12.0. The Hall–Kier alpha value is -7.22. The molecular formula is C58H34OSe. The maximum absolute atomic E-state index is 6.24. The number of fused-ring (bicyclic) bond motifs is 10. The molecule has 0 amide bonds. The number of benzene rings is 11. The van der Waals surface area contributed by atoms with Gasteiger partial charge in [-0.2, -0.15) is 0 Å². The molecule has 2 heteroatoms. The van der Waals surface area contributed by atoms with Crippen molar-refractivity contribution in [1.29, 1.82) is 0 Å². The van der Waals surface area contributed by atoms with E-state index in [-0.39, 0.29) is 14.5 Å². The zero-order valence-electron chi connectivity index (χ0n) is 32.4. The van der Waals surface area contributed by atoms with Gasteiger partial charge in [-0.1, -0.05) is 12.1 Å². The first-order valence-electron chi connectivity index (χ1n) is 20.6. The molecule has 2 aromatic heterocycles. The maximum atomic E-state index is 6.24. The van der Waals surface area contributed by atoms with Gasteiger partial charge in [0.15, 0.2) is 0 Å². The monoisotopic (exact) mass is 826 g/mol. The molecular weight excluding hydrogens is 792 g/mol. The first kappa shape index (κ1) is 33.7. The van der Waals surface area contributed by atoms with Gasteiger partial charge >= 0.3 is 336 Å². The molecule has 0 aliphatic rings. The molecule has 0 N–H and O–H groups in total. The van der Waals surface area contributed by atoms with Gasteiger partial charge in [0.05, 0.1) is 0 Å². The van der Waals surface area contributed by atoms with Gasteiger partial charge in [0.25, 0.3) is 0 Å². The van der Waals surface area contributed by atoms with E-state index < -0.39 is 0 Å². The van der Waals surface area contributed by atoms with Crippen molar-refractivity contribution in [2.45, 2.75) is 0 Å². The minimum atomic E-state index is 0.189. The fourth-order valence-electron chi connectivity index (χ4n) is 10.1. The normalized spacial score (nSPS) is 12.0. The third-order valence-corrected chi connectivity index (χ3v) is 15.0. The van der Waals surface area contributed by atoms with Crippen molar-refractivity contribution < 1.29 is 4.42 Å². The summed E-state index contributed by atoms with van der Waals surface area (Å²) in [7, 11) is 0. The van der Waals surface area contributed by atoms with Crippen LogP contribution in [0.15, 0.2) is 211 Å². The van der Waals surface area contributed by atoms with Crippen LogP contribution in [0, 0.1) is 0 Å². The van der Waals surface area contributed by atoms with E-state index in [4.69, 9.17) is 4.42 Å². The summed E-state index contributed by atoms with van der Waals surface area (Å²) < 4.78 is 9.12. The molecule has 13 rings (SSSR count). The number of hydrogen-bond acceptors (Lipinski definition) is 1. The standard InChI is InChI=1S/C58H34OSe/c1-2-14-35(15-3-1)55-41-17-4-6-19-43(41)57(44-20-7-5-18-42(44)55)37-28-31-53-50(33-37)40-29-26-38(34-54(40)60-53)58-47-23-10-8-21-45(47)56(46-22-9-11-24-48(46)58)36-27-30-52-49(32-36)39-16-12-13-25-51(39)59-52/h1-34H. The molecule has 11 aromatic carbocycles. The van der Waals surface area contributed by atoms with Crippen molar-refractivity contribution in [2.24, 2.45) is 0 Å². The molecule has 278 valence electrons. The van der Waals surface area contributed by atoms with E-state index in [0.29, 0.717) is 0 Å². The van der Waals surface area contributed by atoms with Crippen molar-refractivity contribution in [3.8, 4) is 44.5 Å². The molecule has 0 bridgehead atoms. The van der Waals surface area contributed by atoms with Crippen LogP contribution in [0.5, 0.6) is 0 Å². The fraction of sp³-hybridized carbons (Fsp3) is 0. The Morgan fingerprint density at radius 3 is 1.18 bits per heavy atom. The Morgan fingerprint density at radius 2 is 0.633 bits per heavy atom. The summed E-state index contributed by atoms with van der Waals surface area (Å²) in [6.07, 6.45) is 0. The summed E-state index contributed by atoms with van der Waals surface area (Å²) in [6.45, 7) is 0. The topological polar surface area (TPSA) is 13.1 Å². The van der Waals surface area contributed by atoms with Gasteiger partial charge in [-0.15, -0.1) is 0 Å². The predicted molar refractivity (Wildman–Crippen MR) is 257 cm³/mol.